The lowest BCUT2D eigenvalue weighted by atomic mass is 9.94. The average molecular weight is 1140 g/mol. The Bertz CT molecular complexity index is 3600. The van der Waals surface area contributed by atoms with Crippen LogP contribution in [0.2, 0.25) is 0 Å². The van der Waals surface area contributed by atoms with Crippen LogP contribution in [0, 0.1) is 0 Å². The van der Waals surface area contributed by atoms with Crippen LogP contribution in [0.25, 0.3) is 0 Å². The molecule has 2 amide bonds. The van der Waals surface area contributed by atoms with Crippen molar-refractivity contribution in [1.29, 1.82) is 0 Å². The molecule has 0 aromatic heterocycles. The molecule has 1 aliphatic rings. The number of rotatable bonds is 23. The lowest BCUT2D eigenvalue weighted by Crippen LogP contribution is -2.51. The lowest BCUT2D eigenvalue weighted by molar-refractivity contribution is 0.0173. The molecule has 85 heavy (non-hydrogen) atoms. The van der Waals surface area contributed by atoms with Crippen LogP contribution in [0.4, 0.5) is 4.79 Å². The molecular weight excluding hydrogens is 1070 g/mol. The number of nitrogens with zero attached hydrogens (tertiary/aromatic N) is 1. The number of carbonyl (C=O) groups is 5. The van der Waals surface area contributed by atoms with Gasteiger partial charge in [-0.15, -0.1) is 0 Å². The molecule has 9 aromatic rings. The van der Waals surface area contributed by atoms with E-state index in [0.29, 0.717) is 24.3 Å². The number of hydrogen-bond acceptors (Lipinski definition) is 12. The first-order chi connectivity index (χ1) is 41.7. The van der Waals surface area contributed by atoms with Gasteiger partial charge in [0.05, 0.1) is 22.7 Å². The average Bonchev–Trinajstić information content (AvgIpc) is 2.67. The third-order valence-corrected chi connectivity index (χ3v) is 14.1. The number of benzene rings is 9. The van der Waals surface area contributed by atoms with Gasteiger partial charge in [-0.25, -0.2) is 14.4 Å². The van der Waals surface area contributed by atoms with Crippen LogP contribution in [0.1, 0.15) is 93.2 Å². The molecule has 1 aliphatic heterocycles. The van der Waals surface area contributed by atoms with Crippen molar-refractivity contribution in [3.63, 3.8) is 0 Å². The van der Waals surface area contributed by atoms with Crippen LogP contribution >= 0.6 is 0 Å². The van der Waals surface area contributed by atoms with Gasteiger partial charge in [-0.05, 0) is 94.8 Å². The summed E-state index contributed by atoms with van der Waals surface area (Å²) in [7, 11) is 0. The maximum absolute atomic E-state index is 15.9. The Balaban J connectivity index is 1.00. The van der Waals surface area contributed by atoms with E-state index in [4.69, 9.17) is 33.2 Å². The summed E-state index contributed by atoms with van der Waals surface area (Å²) in [5, 5.41) is 3.07. The first kappa shape index (κ1) is 57.8. The van der Waals surface area contributed by atoms with Crippen LogP contribution in [-0.2, 0) is 53.9 Å². The van der Waals surface area contributed by atoms with Crippen LogP contribution in [0.5, 0.6) is 23.0 Å². The lowest BCUT2D eigenvalue weighted by Gasteiger charge is -2.29. The van der Waals surface area contributed by atoms with Crippen molar-refractivity contribution in [1.82, 2.24) is 10.2 Å². The Morgan fingerprint density at radius 2 is 0.871 bits per heavy atom. The molecule has 0 spiro atoms. The first-order valence-corrected chi connectivity index (χ1v) is 28.0. The van der Waals surface area contributed by atoms with Gasteiger partial charge in [0.25, 0.3) is 5.91 Å². The van der Waals surface area contributed by atoms with E-state index in [9.17, 15) is 14.4 Å². The zero-order valence-electron chi connectivity index (χ0n) is 46.6. The van der Waals surface area contributed by atoms with E-state index in [1.807, 2.05) is 182 Å². The van der Waals surface area contributed by atoms with Gasteiger partial charge in [-0.3, -0.25) is 9.59 Å². The summed E-state index contributed by atoms with van der Waals surface area (Å²) >= 11 is 0. The van der Waals surface area contributed by atoms with Crippen molar-refractivity contribution in [2.75, 3.05) is 13.1 Å². The fourth-order valence-corrected chi connectivity index (χ4v) is 9.63. The number of amides is 2. The van der Waals surface area contributed by atoms with E-state index in [1.54, 1.807) is 36.4 Å². The number of carbonyl (C=O) groups excluding carboxylic acids is 5. The highest BCUT2D eigenvalue weighted by Crippen LogP contribution is 2.39. The van der Waals surface area contributed by atoms with E-state index < -0.39 is 41.9 Å². The summed E-state index contributed by atoms with van der Waals surface area (Å²) in [5.74, 6) is -2.31. The van der Waals surface area contributed by atoms with Gasteiger partial charge in [-0.2, -0.15) is 0 Å². The molecule has 2 unspecified atom stereocenters. The molecule has 0 saturated carbocycles. The zero-order valence-corrected chi connectivity index (χ0v) is 46.6. The second-order valence-corrected chi connectivity index (χ2v) is 20.2. The quantitative estimate of drug-likeness (QED) is 0.0367. The number of hydrogen-bond donors (Lipinski definition) is 1. The Kier molecular flexibility index (Phi) is 19.7. The van der Waals surface area contributed by atoms with E-state index in [0.717, 1.165) is 33.4 Å². The minimum absolute atomic E-state index is 0.0259. The van der Waals surface area contributed by atoms with Crippen molar-refractivity contribution in [2.45, 2.75) is 64.6 Å². The topological polar surface area (TPSA) is 165 Å². The smallest absolute Gasteiger partial charge is 0.410 e. The summed E-state index contributed by atoms with van der Waals surface area (Å²) < 4.78 is 43.7. The third kappa shape index (κ3) is 16.0. The number of likely N-dealkylation sites (tertiary alicyclic amines) is 1. The molecular formula is C71H62N2O12. The predicted octanol–water partition coefficient (Wildman–Crippen LogP) is 13.3. The van der Waals surface area contributed by atoms with Gasteiger partial charge in [0.1, 0.15) is 74.3 Å². The van der Waals surface area contributed by atoms with Crippen LogP contribution in [0.15, 0.2) is 237 Å². The van der Waals surface area contributed by atoms with Crippen molar-refractivity contribution in [3.8, 4) is 23.0 Å². The Hall–Kier alpha value is -10.5. The summed E-state index contributed by atoms with van der Waals surface area (Å²) in [6.07, 6.45) is -0.974. The van der Waals surface area contributed by atoms with E-state index in [2.05, 4.69) is 5.32 Å². The normalized spacial score (nSPS) is 13.7. The molecule has 1 heterocycles. The number of nitrogens with one attached hydrogen (secondary N) is 1. The molecule has 14 nitrogen and oxygen atoms in total. The first-order valence-electron chi connectivity index (χ1n) is 28.0. The molecule has 0 bridgehead atoms. The number of esters is 2. The highest BCUT2D eigenvalue weighted by atomic mass is 16.6. The van der Waals surface area contributed by atoms with E-state index >= 15 is 9.59 Å². The molecule has 2 atom stereocenters. The zero-order chi connectivity index (χ0) is 58.6. The molecule has 1 saturated heterocycles. The van der Waals surface area contributed by atoms with Crippen LogP contribution < -0.4 is 24.3 Å². The summed E-state index contributed by atoms with van der Waals surface area (Å²) in [5.41, 5.74) is 4.76. The van der Waals surface area contributed by atoms with Gasteiger partial charge in [-0.1, -0.05) is 188 Å². The molecule has 1 N–H and O–H groups in total. The van der Waals surface area contributed by atoms with Crippen molar-refractivity contribution >= 4 is 29.7 Å². The molecule has 14 heteroatoms. The molecule has 9 aromatic carbocycles. The van der Waals surface area contributed by atoms with Gasteiger partial charge in [0.2, 0.25) is 5.78 Å². The van der Waals surface area contributed by atoms with Gasteiger partial charge < -0.3 is 43.4 Å². The second kappa shape index (κ2) is 29.0. The fourth-order valence-electron chi connectivity index (χ4n) is 9.63. The predicted molar refractivity (Wildman–Crippen MR) is 319 cm³/mol. The second-order valence-electron chi connectivity index (χ2n) is 20.2. The molecule has 428 valence electrons. The Morgan fingerprint density at radius 3 is 1.36 bits per heavy atom. The minimum Gasteiger partial charge on any atom is -0.489 e. The largest absolute Gasteiger partial charge is 0.489 e. The Morgan fingerprint density at radius 1 is 0.424 bits per heavy atom. The molecule has 0 radical (unpaired) electrons. The minimum atomic E-state index is -0.987. The van der Waals surface area contributed by atoms with Crippen molar-refractivity contribution in [2.24, 2.45) is 0 Å². The summed E-state index contributed by atoms with van der Waals surface area (Å²) in [4.78, 5) is 74.9. The number of ketones is 1. The third-order valence-electron chi connectivity index (χ3n) is 14.1. The monoisotopic (exact) mass is 1130 g/mol. The Labute approximate surface area is 493 Å². The van der Waals surface area contributed by atoms with E-state index in [-0.39, 0.29) is 92.0 Å². The molecule has 0 aliphatic carbocycles. The SMILES string of the molecule is O=C(NC1CN(C(=O)OCc2ccccc2)CCCC1OC(=O)c1cc(OCc2ccccc2)c(C(=O)c2c(OCc3ccccc3)cccc2C(=O)OCc2ccccc2)c(OCc2ccccc2)c1)c1ccc(OCc2ccccc2)cc1. The molecule has 10 rings (SSSR count). The summed E-state index contributed by atoms with van der Waals surface area (Å²) in [6.45, 7) is 0.408. The number of ether oxygens (including phenoxy) is 7. The maximum atomic E-state index is 15.9. The van der Waals surface area contributed by atoms with Gasteiger partial charge in [0.15, 0.2) is 0 Å². The van der Waals surface area contributed by atoms with Crippen molar-refractivity contribution in [3.05, 3.63) is 298 Å². The molecule has 1 fully saturated rings. The highest BCUT2D eigenvalue weighted by molar-refractivity contribution is 6.19. The standard InChI is InChI=1S/C71H62N2O12/c74-67(65-59(70(77)83-48-54-29-15-5-16-30-54)33-19-34-62(65)80-45-51-23-9-2-10-24-51)66-63(81-46-52-25-11-3-12-26-52)41-57(42-64(66)82-47-53-27-13-4-14-28-53)69(76)85-61-35-20-40-73(71(78)84-49-55-31-17-6-18-32-55)43-60(61)72-68(75)56-36-38-58(39-37-56)79-44-50-21-7-1-8-22-50/h1-19,21-34,36-39,41-42,60-61H,20,35,40,43-49H2,(H,72,75). The summed E-state index contributed by atoms with van der Waals surface area (Å²) in [6, 6.07) is 69.4. The highest BCUT2D eigenvalue weighted by Gasteiger charge is 2.36. The van der Waals surface area contributed by atoms with Crippen LogP contribution in [0.3, 0.4) is 0 Å². The fraction of sp³-hybridized carbons (Fsp3) is 0.169. The van der Waals surface area contributed by atoms with E-state index in [1.165, 1.54) is 23.1 Å². The van der Waals surface area contributed by atoms with Gasteiger partial charge in [0, 0.05) is 18.7 Å². The van der Waals surface area contributed by atoms with Crippen molar-refractivity contribution < 1.29 is 57.1 Å². The van der Waals surface area contributed by atoms with Gasteiger partial charge >= 0.3 is 18.0 Å². The van der Waals surface area contributed by atoms with Crippen LogP contribution in [-0.4, -0.2) is 59.9 Å². The maximum Gasteiger partial charge on any atom is 0.410 e.